The van der Waals surface area contributed by atoms with Crippen LogP contribution in [0, 0.1) is 0 Å². The van der Waals surface area contributed by atoms with Gasteiger partial charge in [0.05, 0.1) is 5.00 Å². The van der Waals surface area contributed by atoms with Crippen molar-refractivity contribution in [3.8, 4) is 0 Å². The first kappa shape index (κ1) is 18.3. The summed E-state index contributed by atoms with van der Waals surface area (Å²) >= 11 is 1.29. The number of hydrogen-bond acceptors (Lipinski definition) is 9. The van der Waals surface area contributed by atoms with Crippen molar-refractivity contribution in [1.82, 2.24) is 5.23 Å². The molecular weight excluding hydrogens is 368 g/mol. The minimum Gasteiger partial charge on any atom is -0.448 e. The molecule has 3 unspecified atom stereocenters. The maximum atomic E-state index is 12.5. The van der Waals surface area contributed by atoms with Crippen molar-refractivity contribution < 1.29 is 38.3 Å². The Balaban J connectivity index is 1.65. The van der Waals surface area contributed by atoms with Crippen LogP contribution in [0.25, 0.3) is 0 Å². The van der Waals surface area contributed by atoms with E-state index in [1.165, 1.54) is 30.3 Å². The minimum absolute atomic E-state index is 0.0195. The van der Waals surface area contributed by atoms with E-state index >= 15 is 0 Å². The maximum absolute atomic E-state index is 12.5. The first-order valence-electron chi connectivity index (χ1n) is 7.67. The van der Waals surface area contributed by atoms with Crippen LogP contribution in [0.2, 0.25) is 0 Å². The lowest BCUT2D eigenvalue weighted by Crippen LogP contribution is -2.46. The van der Waals surface area contributed by atoms with Gasteiger partial charge in [0, 0.05) is 20.5 Å². The van der Waals surface area contributed by atoms with Crippen LogP contribution < -0.4 is 4.90 Å². The molecule has 2 amide bonds. The molecule has 3 rings (SSSR count). The van der Waals surface area contributed by atoms with E-state index in [2.05, 4.69) is 0 Å². The summed E-state index contributed by atoms with van der Waals surface area (Å²) < 4.78 is 9.72. The highest BCUT2D eigenvalue weighted by Gasteiger charge is 2.45. The fraction of sp³-hybridized carbons (Fsp3) is 0.467. The van der Waals surface area contributed by atoms with Crippen LogP contribution in [0.1, 0.15) is 13.3 Å². The third-order valence-electron chi connectivity index (χ3n) is 3.88. The number of hydroxylamine groups is 2. The molecule has 140 valence electrons. The average molecular weight is 384 g/mol. The van der Waals surface area contributed by atoms with Gasteiger partial charge in [-0.2, -0.15) is 0 Å². The molecule has 0 aliphatic carbocycles. The van der Waals surface area contributed by atoms with Crippen molar-refractivity contribution in [3.05, 3.63) is 17.5 Å². The molecule has 3 heterocycles. The molecule has 26 heavy (non-hydrogen) atoms. The third-order valence-corrected chi connectivity index (χ3v) is 4.75. The molecule has 0 radical (unpaired) electrons. The van der Waals surface area contributed by atoms with Gasteiger partial charge in [-0.15, -0.1) is 11.3 Å². The molecule has 0 N–H and O–H groups in total. The number of hydrogen-bond donors (Lipinski definition) is 0. The van der Waals surface area contributed by atoms with Gasteiger partial charge in [-0.1, -0.05) is 0 Å². The SMILES string of the molecule is COC1CC(C(=O)ON2OCC(N(C(C)=O)c3cccs3)C2=O)OC1=O. The van der Waals surface area contributed by atoms with Crippen molar-refractivity contribution >= 4 is 40.1 Å². The van der Waals surface area contributed by atoms with Gasteiger partial charge in [0.2, 0.25) is 12.0 Å². The predicted molar refractivity (Wildman–Crippen MR) is 85.5 cm³/mol. The zero-order valence-corrected chi connectivity index (χ0v) is 14.8. The Bertz CT molecular complexity index is 721. The Morgan fingerprint density at radius 2 is 2.15 bits per heavy atom. The van der Waals surface area contributed by atoms with Crippen molar-refractivity contribution in [2.24, 2.45) is 0 Å². The van der Waals surface area contributed by atoms with Crippen molar-refractivity contribution in [1.29, 1.82) is 0 Å². The molecule has 11 heteroatoms. The lowest BCUT2D eigenvalue weighted by Gasteiger charge is -2.23. The number of nitrogens with zero attached hydrogens (tertiary/aromatic N) is 2. The second kappa shape index (κ2) is 7.40. The number of cyclic esters (lactones) is 1. The first-order valence-corrected chi connectivity index (χ1v) is 8.55. The van der Waals surface area contributed by atoms with E-state index in [0.717, 1.165) is 0 Å². The van der Waals surface area contributed by atoms with Gasteiger partial charge in [0.15, 0.2) is 6.10 Å². The van der Waals surface area contributed by atoms with E-state index in [-0.39, 0.29) is 18.9 Å². The number of carbonyl (C=O) groups excluding carboxylic acids is 4. The zero-order valence-electron chi connectivity index (χ0n) is 13.9. The molecular formula is C15H16N2O8S. The highest BCUT2D eigenvalue weighted by Crippen LogP contribution is 2.27. The zero-order chi connectivity index (χ0) is 18.8. The normalized spacial score (nSPS) is 25.3. The van der Waals surface area contributed by atoms with E-state index in [9.17, 15) is 19.2 Å². The minimum atomic E-state index is -1.19. The van der Waals surface area contributed by atoms with Crippen LogP contribution in [-0.2, 0) is 38.3 Å². The molecule has 3 atom stereocenters. The summed E-state index contributed by atoms with van der Waals surface area (Å²) in [6.45, 7) is 1.15. The van der Waals surface area contributed by atoms with Gasteiger partial charge < -0.3 is 14.3 Å². The number of thiophene rings is 1. The number of rotatable bonds is 5. The van der Waals surface area contributed by atoms with Crippen molar-refractivity contribution in [2.45, 2.75) is 31.6 Å². The number of esters is 1. The van der Waals surface area contributed by atoms with Gasteiger partial charge in [-0.25, -0.2) is 14.4 Å². The summed E-state index contributed by atoms with van der Waals surface area (Å²) in [7, 11) is 1.32. The molecule has 2 fully saturated rings. The molecule has 0 saturated carbocycles. The van der Waals surface area contributed by atoms with Crippen LogP contribution in [-0.4, -0.2) is 60.9 Å². The Labute approximate surface area is 152 Å². The Hall–Kier alpha value is -2.50. The topological polar surface area (TPSA) is 112 Å². The average Bonchev–Trinajstić information content (AvgIpc) is 3.31. The van der Waals surface area contributed by atoms with Crippen LogP contribution in [0.3, 0.4) is 0 Å². The summed E-state index contributed by atoms with van der Waals surface area (Å²) in [5.41, 5.74) is 0. The molecule has 2 aliphatic rings. The molecule has 0 aromatic carbocycles. The lowest BCUT2D eigenvalue weighted by atomic mass is 10.2. The monoisotopic (exact) mass is 384 g/mol. The summed E-state index contributed by atoms with van der Waals surface area (Å²) in [6, 6.07) is 2.47. The van der Waals surface area contributed by atoms with Gasteiger partial charge >= 0.3 is 17.8 Å². The maximum Gasteiger partial charge on any atom is 0.375 e. The number of methoxy groups -OCH3 is 1. The second-order valence-electron chi connectivity index (χ2n) is 5.54. The van der Waals surface area contributed by atoms with Crippen LogP contribution in [0.4, 0.5) is 5.00 Å². The number of amides is 2. The predicted octanol–water partition coefficient (Wildman–Crippen LogP) is 0.0321. The van der Waals surface area contributed by atoms with Crippen LogP contribution >= 0.6 is 11.3 Å². The molecule has 1 aromatic heterocycles. The summed E-state index contributed by atoms with van der Waals surface area (Å²) in [5.74, 6) is -2.70. The van der Waals surface area contributed by atoms with E-state index < -0.39 is 36.1 Å². The molecule has 0 bridgehead atoms. The van der Waals surface area contributed by atoms with Crippen LogP contribution in [0.5, 0.6) is 0 Å². The summed E-state index contributed by atoms with van der Waals surface area (Å²) in [5, 5.41) is 2.76. The summed E-state index contributed by atoms with van der Waals surface area (Å²) in [4.78, 5) is 59.2. The fourth-order valence-corrected chi connectivity index (χ4v) is 3.44. The molecule has 1 aromatic rings. The van der Waals surface area contributed by atoms with Gasteiger partial charge in [-0.3, -0.25) is 14.5 Å². The van der Waals surface area contributed by atoms with Crippen molar-refractivity contribution in [3.63, 3.8) is 0 Å². The number of anilines is 1. The Kier molecular flexibility index (Phi) is 5.20. The standard InChI is InChI=1S/C15H16N2O8S/c1-8(18)16(12-4-3-5-26-12)9-7-23-17(13(9)19)25-15(21)11-6-10(22-2)14(20)24-11/h3-5,9-11H,6-7H2,1-2H3. The molecule has 10 nitrogen and oxygen atoms in total. The fourth-order valence-electron chi connectivity index (χ4n) is 2.62. The van der Waals surface area contributed by atoms with Gasteiger partial charge in [0.25, 0.3) is 0 Å². The largest absolute Gasteiger partial charge is 0.448 e. The number of carbonyl (C=O) groups is 4. The number of ether oxygens (including phenoxy) is 2. The van der Waals surface area contributed by atoms with Gasteiger partial charge in [-0.05, 0) is 22.7 Å². The third kappa shape index (κ3) is 3.41. The quantitative estimate of drug-likeness (QED) is 0.654. The molecule has 2 aliphatic heterocycles. The van der Waals surface area contributed by atoms with E-state index in [1.54, 1.807) is 17.5 Å². The van der Waals surface area contributed by atoms with Crippen molar-refractivity contribution in [2.75, 3.05) is 18.6 Å². The van der Waals surface area contributed by atoms with E-state index in [1.807, 2.05) is 0 Å². The first-order chi connectivity index (χ1) is 12.4. The smallest absolute Gasteiger partial charge is 0.375 e. The van der Waals surface area contributed by atoms with E-state index in [4.69, 9.17) is 19.1 Å². The van der Waals surface area contributed by atoms with E-state index in [0.29, 0.717) is 10.2 Å². The second-order valence-corrected chi connectivity index (χ2v) is 6.47. The lowest BCUT2D eigenvalue weighted by molar-refractivity contribution is -0.306. The highest BCUT2D eigenvalue weighted by molar-refractivity contribution is 7.14. The Morgan fingerprint density at radius 1 is 1.38 bits per heavy atom. The highest BCUT2D eigenvalue weighted by atomic mass is 32.1. The molecule has 2 saturated heterocycles. The Morgan fingerprint density at radius 3 is 2.73 bits per heavy atom. The molecule has 0 spiro atoms. The van der Waals surface area contributed by atoms with Crippen LogP contribution in [0.15, 0.2) is 17.5 Å². The van der Waals surface area contributed by atoms with Gasteiger partial charge in [0.1, 0.15) is 12.6 Å². The summed E-state index contributed by atoms with van der Waals surface area (Å²) in [6.07, 6.45) is -2.07.